The summed E-state index contributed by atoms with van der Waals surface area (Å²) < 4.78 is 0. The summed E-state index contributed by atoms with van der Waals surface area (Å²) in [5, 5.41) is 11.1. The molecule has 12 heavy (non-hydrogen) atoms. The number of aliphatic carboxylic acids is 1. The van der Waals surface area contributed by atoms with Gasteiger partial charge in [0.2, 0.25) is 5.91 Å². The molecule has 1 rings (SSSR count). The Morgan fingerprint density at radius 2 is 1.92 bits per heavy atom. The van der Waals surface area contributed by atoms with E-state index < -0.39 is 5.97 Å². The quantitative estimate of drug-likeness (QED) is 0.624. The third-order valence-electron chi connectivity index (χ3n) is 1.98. The third kappa shape index (κ3) is 1.47. The maximum absolute atomic E-state index is 11.1. The number of rotatable bonds is 2. The molecule has 0 heterocycles. The molecule has 0 radical (unpaired) electrons. The second-order valence-electron chi connectivity index (χ2n) is 2.69. The monoisotopic (exact) mass is 169 g/mol. The van der Waals surface area contributed by atoms with Crippen LogP contribution in [0.3, 0.4) is 0 Å². The van der Waals surface area contributed by atoms with Crippen molar-refractivity contribution in [1.82, 2.24) is 5.32 Å². The fourth-order valence-electron chi connectivity index (χ4n) is 1.38. The average molecular weight is 169 g/mol. The lowest BCUT2D eigenvalue weighted by molar-refractivity contribution is -0.133. The van der Waals surface area contributed by atoms with Crippen LogP contribution in [0.4, 0.5) is 0 Å². The standard InChI is InChI=1S/C8H11NO3/c1-9-7(10)5-3-2-4-6(5)8(11)12/h2-4H2,1H3,(H,9,10)(H,11,12). The Balaban J connectivity index is 2.91. The highest BCUT2D eigenvalue weighted by Crippen LogP contribution is 2.25. The summed E-state index contributed by atoms with van der Waals surface area (Å²) in [4.78, 5) is 21.7. The second-order valence-corrected chi connectivity index (χ2v) is 2.69. The number of nitrogens with one attached hydrogen (secondary N) is 1. The van der Waals surface area contributed by atoms with Gasteiger partial charge in [-0.25, -0.2) is 4.79 Å². The summed E-state index contributed by atoms with van der Waals surface area (Å²) in [6.45, 7) is 0. The van der Waals surface area contributed by atoms with Crippen LogP contribution in [0.5, 0.6) is 0 Å². The van der Waals surface area contributed by atoms with Crippen LogP contribution in [0.2, 0.25) is 0 Å². The van der Waals surface area contributed by atoms with Crippen LogP contribution in [-0.2, 0) is 9.59 Å². The molecule has 66 valence electrons. The smallest absolute Gasteiger partial charge is 0.332 e. The number of carbonyl (C=O) groups is 2. The van der Waals surface area contributed by atoms with Gasteiger partial charge in [-0.05, 0) is 19.3 Å². The van der Waals surface area contributed by atoms with Gasteiger partial charge in [-0.15, -0.1) is 0 Å². The Morgan fingerprint density at radius 1 is 1.33 bits per heavy atom. The van der Waals surface area contributed by atoms with Crippen molar-refractivity contribution in [2.24, 2.45) is 0 Å². The minimum absolute atomic E-state index is 0.259. The zero-order chi connectivity index (χ0) is 9.14. The highest BCUT2D eigenvalue weighted by atomic mass is 16.4. The number of amides is 1. The fourth-order valence-corrected chi connectivity index (χ4v) is 1.38. The van der Waals surface area contributed by atoms with E-state index in [1.807, 2.05) is 0 Å². The lowest BCUT2D eigenvalue weighted by Gasteiger charge is -2.00. The van der Waals surface area contributed by atoms with Crippen molar-refractivity contribution in [3.8, 4) is 0 Å². The number of likely N-dealkylation sites (N-methyl/N-ethyl adjacent to an activating group) is 1. The fraction of sp³-hybridized carbons (Fsp3) is 0.500. The largest absolute Gasteiger partial charge is 0.478 e. The topological polar surface area (TPSA) is 66.4 Å². The van der Waals surface area contributed by atoms with Crippen LogP contribution in [-0.4, -0.2) is 24.0 Å². The molecule has 0 atom stereocenters. The summed E-state index contributed by atoms with van der Waals surface area (Å²) in [7, 11) is 1.51. The van der Waals surface area contributed by atoms with Crippen molar-refractivity contribution in [3.05, 3.63) is 11.1 Å². The Labute approximate surface area is 70.3 Å². The minimum Gasteiger partial charge on any atom is -0.478 e. The molecular formula is C8H11NO3. The van der Waals surface area contributed by atoms with Gasteiger partial charge in [-0.1, -0.05) is 0 Å². The summed E-state index contributed by atoms with van der Waals surface area (Å²) >= 11 is 0. The van der Waals surface area contributed by atoms with Gasteiger partial charge in [-0.2, -0.15) is 0 Å². The van der Waals surface area contributed by atoms with E-state index in [-0.39, 0.29) is 11.5 Å². The molecule has 0 saturated carbocycles. The highest BCUT2D eigenvalue weighted by Gasteiger charge is 2.24. The van der Waals surface area contributed by atoms with Crippen LogP contribution in [0, 0.1) is 0 Å². The van der Waals surface area contributed by atoms with Gasteiger partial charge in [0.15, 0.2) is 0 Å². The molecule has 1 amide bonds. The predicted octanol–water partition coefficient (Wildman–Crippen LogP) is 0.297. The van der Waals surface area contributed by atoms with E-state index in [0.717, 1.165) is 6.42 Å². The maximum Gasteiger partial charge on any atom is 0.332 e. The average Bonchev–Trinajstić information content (AvgIpc) is 2.50. The molecule has 0 saturated heterocycles. The van der Waals surface area contributed by atoms with Gasteiger partial charge in [0.1, 0.15) is 0 Å². The van der Waals surface area contributed by atoms with E-state index in [1.54, 1.807) is 0 Å². The van der Waals surface area contributed by atoms with Crippen LogP contribution in [0.15, 0.2) is 11.1 Å². The van der Waals surface area contributed by atoms with Crippen LogP contribution in [0.1, 0.15) is 19.3 Å². The van der Waals surface area contributed by atoms with Crippen LogP contribution >= 0.6 is 0 Å². The molecule has 0 aromatic rings. The van der Waals surface area contributed by atoms with Gasteiger partial charge in [0.25, 0.3) is 0 Å². The van der Waals surface area contributed by atoms with E-state index in [4.69, 9.17) is 5.11 Å². The molecule has 0 spiro atoms. The first kappa shape index (κ1) is 8.77. The van der Waals surface area contributed by atoms with Gasteiger partial charge < -0.3 is 10.4 Å². The van der Waals surface area contributed by atoms with E-state index in [2.05, 4.69) is 5.32 Å². The van der Waals surface area contributed by atoms with Crippen molar-refractivity contribution in [2.75, 3.05) is 7.05 Å². The summed E-state index contributed by atoms with van der Waals surface area (Å²) in [6, 6.07) is 0. The van der Waals surface area contributed by atoms with E-state index >= 15 is 0 Å². The van der Waals surface area contributed by atoms with E-state index in [0.29, 0.717) is 18.4 Å². The molecule has 1 aliphatic rings. The third-order valence-corrected chi connectivity index (χ3v) is 1.98. The molecule has 1 aliphatic carbocycles. The molecule has 0 fully saturated rings. The summed E-state index contributed by atoms with van der Waals surface area (Å²) in [5.74, 6) is -1.23. The number of carboxylic acid groups (broad SMARTS) is 1. The number of hydrogen-bond acceptors (Lipinski definition) is 2. The first-order valence-corrected chi connectivity index (χ1v) is 3.84. The zero-order valence-electron chi connectivity index (χ0n) is 6.89. The van der Waals surface area contributed by atoms with Crippen molar-refractivity contribution in [2.45, 2.75) is 19.3 Å². The second kappa shape index (κ2) is 3.38. The van der Waals surface area contributed by atoms with Gasteiger partial charge in [0.05, 0.1) is 0 Å². The molecule has 0 aromatic carbocycles. The van der Waals surface area contributed by atoms with Gasteiger partial charge >= 0.3 is 5.97 Å². The normalized spacial score (nSPS) is 16.4. The SMILES string of the molecule is CNC(=O)C1=C(C(=O)O)CCC1. The highest BCUT2D eigenvalue weighted by molar-refractivity contribution is 6.02. The Morgan fingerprint density at radius 3 is 2.42 bits per heavy atom. The summed E-state index contributed by atoms with van der Waals surface area (Å²) in [5.41, 5.74) is 0.708. The lowest BCUT2D eigenvalue weighted by Crippen LogP contribution is -2.21. The molecule has 0 aliphatic heterocycles. The van der Waals surface area contributed by atoms with Crippen LogP contribution in [0.25, 0.3) is 0 Å². The van der Waals surface area contributed by atoms with Crippen molar-refractivity contribution >= 4 is 11.9 Å². The summed E-state index contributed by atoms with van der Waals surface area (Å²) in [6.07, 6.45) is 1.86. The Kier molecular flexibility index (Phi) is 2.47. The van der Waals surface area contributed by atoms with Gasteiger partial charge in [-0.3, -0.25) is 4.79 Å². The number of carbonyl (C=O) groups excluding carboxylic acids is 1. The predicted molar refractivity (Wildman–Crippen MR) is 42.6 cm³/mol. The molecule has 4 heteroatoms. The Hall–Kier alpha value is -1.32. The molecule has 4 nitrogen and oxygen atoms in total. The van der Waals surface area contributed by atoms with Crippen molar-refractivity contribution in [3.63, 3.8) is 0 Å². The lowest BCUT2D eigenvalue weighted by atomic mass is 10.1. The van der Waals surface area contributed by atoms with Gasteiger partial charge in [0, 0.05) is 18.2 Å². The Bertz CT molecular complexity index is 255. The van der Waals surface area contributed by atoms with E-state index in [1.165, 1.54) is 7.05 Å². The molecular weight excluding hydrogens is 158 g/mol. The van der Waals surface area contributed by atoms with Crippen molar-refractivity contribution in [1.29, 1.82) is 0 Å². The molecule has 2 N–H and O–H groups in total. The number of carboxylic acids is 1. The zero-order valence-corrected chi connectivity index (χ0v) is 6.89. The molecule has 0 unspecified atom stereocenters. The molecule has 0 aromatic heterocycles. The minimum atomic E-state index is -0.967. The maximum atomic E-state index is 11.1. The van der Waals surface area contributed by atoms with Crippen molar-refractivity contribution < 1.29 is 14.7 Å². The molecule has 0 bridgehead atoms. The van der Waals surface area contributed by atoms with Crippen LogP contribution < -0.4 is 5.32 Å². The number of hydrogen-bond donors (Lipinski definition) is 2. The first-order valence-electron chi connectivity index (χ1n) is 3.84. The first-order chi connectivity index (χ1) is 5.66. The van der Waals surface area contributed by atoms with E-state index in [9.17, 15) is 9.59 Å².